The molecule has 0 aliphatic carbocycles. The number of halogens is 1. The van der Waals surface area contributed by atoms with Crippen LogP contribution in [0.4, 0.5) is 5.69 Å². The van der Waals surface area contributed by atoms with E-state index < -0.39 is 10.9 Å². The smallest absolute Gasteiger partial charge is 0.331 e. The number of nitrogens with zero attached hydrogens (tertiary/aromatic N) is 1. The fourth-order valence-corrected chi connectivity index (χ4v) is 2.12. The first-order valence-corrected chi connectivity index (χ1v) is 7.18. The van der Waals surface area contributed by atoms with E-state index in [4.69, 9.17) is 4.74 Å². The maximum absolute atomic E-state index is 11.7. The van der Waals surface area contributed by atoms with Crippen LogP contribution in [0.2, 0.25) is 0 Å². The molecule has 0 heterocycles. The van der Waals surface area contributed by atoms with Gasteiger partial charge >= 0.3 is 5.97 Å². The predicted octanol–water partition coefficient (Wildman–Crippen LogP) is 4.11. The second kappa shape index (κ2) is 7.51. The summed E-state index contributed by atoms with van der Waals surface area (Å²) in [6.07, 6.45) is 2.73. The highest BCUT2D eigenvalue weighted by atomic mass is 79.9. The van der Waals surface area contributed by atoms with E-state index in [1.807, 2.05) is 24.3 Å². The minimum Gasteiger partial charge on any atom is -0.458 e. The number of benzene rings is 2. The molecular weight excluding hydrogens is 350 g/mol. The lowest BCUT2D eigenvalue weighted by atomic mass is 10.2. The lowest BCUT2D eigenvalue weighted by molar-refractivity contribution is -0.384. The van der Waals surface area contributed by atoms with Crippen molar-refractivity contribution in [2.24, 2.45) is 0 Å². The highest BCUT2D eigenvalue weighted by Crippen LogP contribution is 2.17. The van der Waals surface area contributed by atoms with Crippen LogP contribution in [0.1, 0.15) is 11.1 Å². The minimum atomic E-state index is -0.512. The molecular formula is C16H12BrNO4. The van der Waals surface area contributed by atoms with Crippen LogP contribution in [0.3, 0.4) is 0 Å². The molecule has 5 nitrogen and oxygen atoms in total. The third-order valence-corrected chi connectivity index (χ3v) is 3.59. The monoisotopic (exact) mass is 361 g/mol. The van der Waals surface area contributed by atoms with Crippen LogP contribution in [0.15, 0.2) is 59.1 Å². The van der Waals surface area contributed by atoms with Gasteiger partial charge in [0.05, 0.1) is 4.92 Å². The molecule has 0 aromatic heterocycles. The Balaban J connectivity index is 1.96. The van der Waals surface area contributed by atoms with Crippen LogP contribution >= 0.6 is 15.9 Å². The summed E-state index contributed by atoms with van der Waals surface area (Å²) in [7, 11) is 0. The summed E-state index contributed by atoms with van der Waals surface area (Å²) in [5.74, 6) is -0.512. The number of non-ortho nitro benzene ring substituents is 1. The van der Waals surface area contributed by atoms with Gasteiger partial charge in [-0.15, -0.1) is 0 Å². The molecule has 0 atom stereocenters. The molecule has 0 aliphatic heterocycles. The van der Waals surface area contributed by atoms with Gasteiger partial charge in [0.15, 0.2) is 0 Å². The number of nitro groups is 1. The summed E-state index contributed by atoms with van der Waals surface area (Å²) in [6.45, 7) is 0.152. The van der Waals surface area contributed by atoms with Crippen LogP contribution < -0.4 is 0 Å². The van der Waals surface area contributed by atoms with E-state index >= 15 is 0 Å². The van der Waals surface area contributed by atoms with Crippen molar-refractivity contribution in [2.75, 3.05) is 0 Å². The Bertz CT molecular complexity index is 728. The maximum Gasteiger partial charge on any atom is 0.331 e. The van der Waals surface area contributed by atoms with Gasteiger partial charge in [0.25, 0.3) is 5.69 Å². The van der Waals surface area contributed by atoms with Gasteiger partial charge in [-0.3, -0.25) is 10.1 Å². The van der Waals surface area contributed by atoms with Crippen molar-refractivity contribution in [3.8, 4) is 0 Å². The maximum atomic E-state index is 11.7. The third-order valence-electron chi connectivity index (χ3n) is 2.82. The Hall–Kier alpha value is -2.47. The van der Waals surface area contributed by atoms with Gasteiger partial charge in [-0.05, 0) is 17.7 Å². The summed E-state index contributed by atoms with van der Waals surface area (Å²) in [5, 5.41) is 10.7. The fraction of sp³-hybridized carbons (Fsp3) is 0.0625. The molecule has 0 amide bonds. The summed E-state index contributed by atoms with van der Waals surface area (Å²) < 4.78 is 5.98. The lowest BCUT2D eigenvalue weighted by Gasteiger charge is -2.04. The van der Waals surface area contributed by atoms with Gasteiger partial charge in [0.2, 0.25) is 0 Å². The van der Waals surface area contributed by atoms with E-state index in [0.29, 0.717) is 5.56 Å². The van der Waals surface area contributed by atoms with Crippen molar-refractivity contribution in [3.05, 3.63) is 80.3 Å². The number of rotatable bonds is 5. The Labute approximate surface area is 135 Å². The van der Waals surface area contributed by atoms with E-state index in [9.17, 15) is 14.9 Å². The van der Waals surface area contributed by atoms with Crippen molar-refractivity contribution >= 4 is 33.7 Å². The molecule has 0 bridgehead atoms. The number of carbonyl (C=O) groups is 1. The van der Waals surface area contributed by atoms with Crippen molar-refractivity contribution in [1.82, 2.24) is 0 Å². The van der Waals surface area contributed by atoms with Crippen molar-refractivity contribution in [1.29, 1.82) is 0 Å². The van der Waals surface area contributed by atoms with E-state index in [2.05, 4.69) is 15.9 Å². The van der Waals surface area contributed by atoms with Gasteiger partial charge in [-0.2, -0.15) is 0 Å². The van der Waals surface area contributed by atoms with Crippen molar-refractivity contribution < 1.29 is 14.5 Å². The van der Waals surface area contributed by atoms with E-state index in [-0.39, 0.29) is 12.3 Å². The van der Waals surface area contributed by atoms with Crippen LogP contribution in [0, 0.1) is 10.1 Å². The molecule has 0 saturated heterocycles. The average molecular weight is 362 g/mol. The molecule has 6 heteroatoms. The topological polar surface area (TPSA) is 69.4 Å². The van der Waals surface area contributed by atoms with Gasteiger partial charge in [0, 0.05) is 28.2 Å². The predicted molar refractivity (Wildman–Crippen MR) is 86.1 cm³/mol. The lowest BCUT2D eigenvalue weighted by Crippen LogP contribution is -2.01. The molecule has 22 heavy (non-hydrogen) atoms. The number of ether oxygens (including phenoxy) is 1. The first kappa shape index (κ1) is 15.9. The Kier molecular flexibility index (Phi) is 5.43. The van der Waals surface area contributed by atoms with Crippen molar-refractivity contribution in [2.45, 2.75) is 6.61 Å². The van der Waals surface area contributed by atoms with Crippen LogP contribution in [0.25, 0.3) is 6.08 Å². The number of nitro benzene ring substituents is 1. The minimum absolute atomic E-state index is 0.0243. The highest BCUT2D eigenvalue weighted by molar-refractivity contribution is 9.10. The van der Waals surface area contributed by atoms with E-state index in [0.717, 1.165) is 10.0 Å². The fourth-order valence-electron chi connectivity index (χ4n) is 1.72. The first-order chi connectivity index (χ1) is 10.6. The largest absolute Gasteiger partial charge is 0.458 e. The second-order valence-corrected chi connectivity index (χ2v) is 5.24. The van der Waals surface area contributed by atoms with Crippen LogP contribution in [0.5, 0.6) is 0 Å². The molecule has 112 valence electrons. The Morgan fingerprint density at radius 1 is 1.23 bits per heavy atom. The molecule has 0 spiro atoms. The zero-order chi connectivity index (χ0) is 15.9. The molecule has 0 aliphatic rings. The molecule has 0 saturated carbocycles. The molecule has 0 unspecified atom stereocenters. The Morgan fingerprint density at radius 2 is 2.00 bits per heavy atom. The molecule has 2 rings (SSSR count). The van der Waals surface area contributed by atoms with Gasteiger partial charge in [-0.1, -0.05) is 46.3 Å². The zero-order valence-corrected chi connectivity index (χ0v) is 13.0. The quantitative estimate of drug-likeness (QED) is 0.347. The molecule has 0 fully saturated rings. The average Bonchev–Trinajstić information content (AvgIpc) is 2.52. The van der Waals surface area contributed by atoms with Gasteiger partial charge < -0.3 is 4.74 Å². The SMILES string of the molecule is O=C(/C=C/c1cccc([N+](=O)[O-])c1)OCc1ccccc1Br. The standard InChI is InChI=1S/C16H12BrNO4/c17-15-7-2-1-5-13(15)11-22-16(19)9-8-12-4-3-6-14(10-12)18(20)21/h1-10H,11H2/b9-8+. The van der Waals surface area contributed by atoms with Crippen LogP contribution in [-0.2, 0) is 16.1 Å². The van der Waals surface area contributed by atoms with Gasteiger partial charge in [0.1, 0.15) is 6.61 Å². The summed E-state index contributed by atoms with van der Waals surface area (Å²) in [5.41, 5.74) is 1.40. The first-order valence-electron chi connectivity index (χ1n) is 6.39. The number of esters is 1. The van der Waals surface area contributed by atoms with E-state index in [1.54, 1.807) is 12.1 Å². The second-order valence-electron chi connectivity index (χ2n) is 4.38. The third kappa shape index (κ3) is 4.53. The molecule has 0 radical (unpaired) electrons. The number of hydrogen-bond donors (Lipinski definition) is 0. The molecule has 2 aromatic carbocycles. The van der Waals surface area contributed by atoms with Crippen LogP contribution in [-0.4, -0.2) is 10.9 Å². The normalized spacial score (nSPS) is 10.6. The summed E-state index contributed by atoms with van der Waals surface area (Å²) in [4.78, 5) is 21.8. The molecule has 2 aromatic rings. The molecule has 0 N–H and O–H groups in total. The zero-order valence-electron chi connectivity index (χ0n) is 11.4. The number of carbonyl (C=O) groups excluding carboxylic acids is 1. The van der Waals surface area contributed by atoms with Gasteiger partial charge in [-0.25, -0.2) is 4.79 Å². The van der Waals surface area contributed by atoms with Crippen molar-refractivity contribution in [3.63, 3.8) is 0 Å². The van der Waals surface area contributed by atoms with E-state index in [1.165, 1.54) is 24.3 Å². The highest BCUT2D eigenvalue weighted by Gasteiger charge is 2.05. The summed E-state index contributed by atoms with van der Waals surface area (Å²) in [6, 6.07) is 13.4. The number of hydrogen-bond acceptors (Lipinski definition) is 4. The summed E-state index contributed by atoms with van der Waals surface area (Å²) >= 11 is 3.37. The Morgan fingerprint density at radius 3 is 2.73 bits per heavy atom.